The van der Waals surface area contributed by atoms with Crippen LogP contribution in [0.25, 0.3) is 0 Å². The number of hydrogen-bond donors (Lipinski definition) is 2. The molecule has 184 valence electrons. The van der Waals surface area contributed by atoms with Crippen LogP contribution in [0.1, 0.15) is 66.1 Å². The van der Waals surface area contributed by atoms with Crippen LogP contribution < -0.4 is 15.5 Å². The minimum atomic E-state index is -0.836. The number of thiophene rings is 1. The third-order valence-corrected chi connectivity index (χ3v) is 7.24. The van der Waals surface area contributed by atoms with Gasteiger partial charge in [-0.15, -0.1) is 11.3 Å². The molecule has 8 heteroatoms. The van der Waals surface area contributed by atoms with Gasteiger partial charge in [0.2, 0.25) is 11.8 Å². The maximum Gasteiger partial charge on any atom is 0.287 e. The maximum atomic E-state index is 13.8. The highest BCUT2D eigenvalue weighted by Gasteiger charge is 2.35. The van der Waals surface area contributed by atoms with Crippen molar-refractivity contribution in [3.8, 4) is 0 Å². The molecule has 0 aliphatic heterocycles. The second-order valence-electron chi connectivity index (χ2n) is 8.67. The van der Waals surface area contributed by atoms with Crippen molar-refractivity contribution in [1.82, 2.24) is 10.6 Å². The fraction of sp³-hybridized carbons (Fsp3) is 0.370. The standard InChI is InChI=1S/C27H31N3O4S/c1-2-19-10-6-7-13-21(19)30(24(31)18-28-26(32)22-14-8-16-34-22)25(23-15-9-17-35-23)27(33)29-20-11-4-3-5-12-20/h6-10,13-17,20,25H,2-5,11-12,18H2,1H3,(H,28,32)(H,29,33)/t25-/m1/s1. The van der Waals surface area contributed by atoms with Crippen molar-refractivity contribution in [2.24, 2.45) is 0 Å². The average molecular weight is 494 g/mol. The molecular weight excluding hydrogens is 462 g/mol. The highest BCUT2D eigenvalue weighted by atomic mass is 32.1. The summed E-state index contributed by atoms with van der Waals surface area (Å²) in [6.45, 7) is 1.75. The SMILES string of the molecule is CCc1ccccc1N(C(=O)CNC(=O)c1ccco1)[C@@H](C(=O)NC1CCCCC1)c1cccs1. The molecule has 7 nitrogen and oxygen atoms in total. The molecule has 1 saturated carbocycles. The first-order valence-corrected chi connectivity index (χ1v) is 13.0. The molecule has 2 aromatic heterocycles. The van der Waals surface area contributed by atoms with E-state index >= 15 is 0 Å². The van der Waals surface area contributed by atoms with E-state index in [-0.39, 0.29) is 30.2 Å². The van der Waals surface area contributed by atoms with Crippen LogP contribution in [0.15, 0.2) is 64.6 Å². The minimum Gasteiger partial charge on any atom is -0.459 e. The number of hydrogen-bond acceptors (Lipinski definition) is 5. The van der Waals surface area contributed by atoms with E-state index in [4.69, 9.17) is 4.42 Å². The number of carbonyl (C=O) groups excluding carboxylic acids is 3. The van der Waals surface area contributed by atoms with Gasteiger partial charge in [-0.2, -0.15) is 0 Å². The lowest BCUT2D eigenvalue weighted by atomic mass is 9.95. The van der Waals surface area contributed by atoms with Gasteiger partial charge in [0, 0.05) is 16.6 Å². The van der Waals surface area contributed by atoms with Crippen LogP contribution in [-0.2, 0) is 16.0 Å². The average Bonchev–Trinajstić information content (AvgIpc) is 3.61. The predicted octanol–water partition coefficient (Wildman–Crippen LogP) is 4.86. The number of benzene rings is 1. The number of aryl methyl sites for hydroxylation is 1. The van der Waals surface area contributed by atoms with Crippen molar-refractivity contribution in [2.75, 3.05) is 11.4 Å². The molecular formula is C27H31N3O4S. The van der Waals surface area contributed by atoms with Gasteiger partial charge in [-0.3, -0.25) is 19.3 Å². The maximum absolute atomic E-state index is 13.8. The summed E-state index contributed by atoms with van der Waals surface area (Å²) in [6, 6.07) is 13.8. The zero-order chi connectivity index (χ0) is 24.6. The lowest BCUT2D eigenvalue weighted by molar-refractivity contribution is -0.126. The molecule has 2 N–H and O–H groups in total. The fourth-order valence-electron chi connectivity index (χ4n) is 4.55. The monoisotopic (exact) mass is 493 g/mol. The van der Waals surface area contributed by atoms with Crippen LogP contribution in [0, 0.1) is 0 Å². The highest BCUT2D eigenvalue weighted by Crippen LogP contribution is 2.33. The number of anilines is 1. The first kappa shape index (κ1) is 24.7. The Morgan fingerprint density at radius 1 is 1.06 bits per heavy atom. The Balaban J connectivity index is 1.66. The van der Waals surface area contributed by atoms with E-state index < -0.39 is 11.9 Å². The molecule has 3 amide bonds. The Labute approximate surface area is 209 Å². The number of nitrogens with zero attached hydrogens (tertiary/aromatic N) is 1. The zero-order valence-corrected chi connectivity index (χ0v) is 20.7. The summed E-state index contributed by atoms with van der Waals surface area (Å²) in [7, 11) is 0. The Morgan fingerprint density at radius 3 is 2.54 bits per heavy atom. The molecule has 0 radical (unpaired) electrons. The third kappa shape index (κ3) is 6.00. The number of rotatable bonds is 9. The Morgan fingerprint density at radius 2 is 1.86 bits per heavy atom. The van der Waals surface area contributed by atoms with E-state index in [1.165, 1.54) is 30.1 Å². The molecule has 1 atom stereocenters. The fourth-order valence-corrected chi connectivity index (χ4v) is 5.36. The summed E-state index contributed by atoms with van der Waals surface area (Å²) in [6.07, 6.45) is 7.36. The van der Waals surface area contributed by atoms with Gasteiger partial charge in [-0.05, 0) is 54.5 Å². The second-order valence-corrected chi connectivity index (χ2v) is 9.65. The van der Waals surface area contributed by atoms with E-state index in [1.807, 2.05) is 48.7 Å². The van der Waals surface area contributed by atoms with Crippen molar-refractivity contribution >= 4 is 34.7 Å². The summed E-state index contributed by atoms with van der Waals surface area (Å²) in [5.74, 6) is -0.923. The number of para-hydroxylation sites is 1. The molecule has 1 aliphatic carbocycles. The van der Waals surface area contributed by atoms with Crippen LogP contribution in [0.3, 0.4) is 0 Å². The van der Waals surface area contributed by atoms with E-state index in [1.54, 1.807) is 11.0 Å². The summed E-state index contributed by atoms with van der Waals surface area (Å²) >= 11 is 1.44. The molecule has 0 bridgehead atoms. The smallest absolute Gasteiger partial charge is 0.287 e. The Kier molecular flexibility index (Phi) is 8.36. The van der Waals surface area contributed by atoms with Gasteiger partial charge in [0.15, 0.2) is 5.76 Å². The van der Waals surface area contributed by atoms with Crippen molar-refractivity contribution in [3.63, 3.8) is 0 Å². The van der Waals surface area contributed by atoms with Gasteiger partial charge in [0.1, 0.15) is 6.04 Å². The first-order chi connectivity index (χ1) is 17.1. The van der Waals surface area contributed by atoms with Crippen molar-refractivity contribution in [1.29, 1.82) is 0 Å². The zero-order valence-electron chi connectivity index (χ0n) is 19.9. The molecule has 35 heavy (non-hydrogen) atoms. The molecule has 3 aromatic rings. The lowest BCUT2D eigenvalue weighted by Gasteiger charge is -2.33. The van der Waals surface area contributed by atoms with Gasteiger partial charge >= 0.3 is 0 Å². The van der Waals surface area contributed by atoms with Crippen LogP contribution >= 0.6 is 11.3 Å². The lowest BCUT2D eigenvalue weighted by Crippen LogP contribution is -2.49. The molecule has 0 unspecified atom stereocenters. The van der Waals surface area contributed by atoms with Gasteiger partial charge in [-0.1, -0.05) is 50.5 Å². The largest absolute Gasteiger partial charge is 0.459 e. The molecule has 0 saturated heterocycles. The highest BCUT2D eigenvalue weighted by molar-refractivity contribution is 7.10. The first-order valence-electron chi connectivity index (χ1n) is 12.1. The molecule has 1 aromatic carbocycles. The predicted molar refractivity (Wildman–Crippen MR) is 136 cm³/mol. The number of amides is 3. The topological polar surface area (TPSA) is 91.7 Å². The van der Waals surface area contributed by atoms with E-state index in [0.717, 1.165) is 36.1 Å². The number of nitrogens with one attached hydrogen (secondary N) is 2. The summed E-state index contributed by atoms with van der Waals surface area (Å²) in [4.78, 5) is 42.2. The van der Waals surface area contributed by atoms with Crippen LogP contribution in [0.2, 0.25) is 0 Å². The summed E-state index contributed by atoms with van der Waals surface area (Å²) in [5, 5.41) is 7.76. The van der Waals surface area contributed by atoms with Crippen molar-refractivity contribution < 1.29 is 18.8 Å². The summed E-state index contributed by atoms with van der Waals surface area (Å²) in [5.41, 5.74) is 1.62. The quantitative estimate of drug-likeness (QED) is 0.445. The Hall–Kier alpha value is -3.39. The van der Waals surface area contributed by atoms with Gasteiger partial charge in [0.25, 0.3) is 5.91 Å². The van der Waals surface area contributed by atoms with Crippen LogP contribution in [0.4, 0.5) is 5.69 Å². The molecule has 1 fully saturated rings. The molecule has 4 rings (SSSR count). The minimum absolute atomic E-state index is 0.107. The Bertz CT molecular complexity index is 1120. The third-order valence-electron chi connectivity index (χ3n) is 6.32. The molecule has 2 heterocycles. The van der Waals surface area contributed by atoms with Crippen LogP contribution in [-0.4, -0.2) is 30.3 Å². The van der Waals surface area contributed by atoms with Crippen LogP contribution in [0.5, 0.6) is 0 Å². The number of furan rings is 1. The molecule has 0 spiro atoms. The number of carbonyl (C=O) groups is 3. The van der Waals surface area contributed by atoms with Gasteiger partial charge in [0.05, 0.1) is 12.8 Å². The van der Waals surface area contributed by atoms with Gasteiger partial charge < -0.3 is 15.1 Å². The van der Waals surface area contributed by atoms with Gasteiger partial charge in [-0.25, -0.2) is 0 Å². The normalized spacial score (nSPS) is 14.8. The second kappa shape index (κ2) is 11.8. The molecule has 1 aliphatic rings. The van der Waals surface area contributed by atoms with E-state index in [0.29, 0.717) is 12.1 Å². The van der Waals surface area contributed by atoms with Crippen molar-refractivity contribution in [2.45, 2.75) is 57.5 Å². The summed E-state index contributed by atoms with van der Waals surface area (Å²) < 4.78 is 5.14. The van der Waals surface area contributed by atoms with Crippen molar-refractivity contribution in [3.05, 3.63) is 76.4 Å². The van der Waals surface area contributed by atoms with E-state index in [9.17, 15) is 14.4 Å². The van der Waals surface area contributed by atoms with E-state index in [2.05, 4.69) is 10.6 Å².